The van der Waals surface area contributed by atoms with Crippen LogP contribution >= 0.6 is 0 Å². The van der Waals surface area contributed by atoms with Gasteiger partial charge >= 0.3 is 0 Å². The molecule has 1 amide bonds. The van der Waals surface area contributed by atoms with Gasteiger partial charge in [-0.15, -0.1) is 0 Å². The van der Waals surface area contributed by atoms with Crippen molar-refractivity contribution in [3.63, 3.8) is 0 Å². The average molecular weight is 371 g/mol. The zero-order chi connectivity index (χ0) is 19.2. The van der Waals surface area contributed by atoms with E-state index in [4.69, 9.17) is 0 Å². The molecule has 0 aromatic heterocycles. The van der Waals surface area contributed by atoms with Crippen molar-refractivity contribution in [1.82, 2.24) is 15.8 Å². The molecular weight excluding hydrogens is 345 g/mol. The first-order chi connectivity index (χ1) is 13.1. The molecular formula is C21H26FN3O2. The van der Waals surface area contributed by atoms with Crippen LogP contribution in [-0.2, 0) is 11.3 Å². The van der Waals surface area contributed by atoms with Crippen molar-refractivity contribution in [2.45, 2.75) is 44.8 Å². The number of hydrogen-bond acceptors (Lipinski definition) is 4. The number of hydrazine groups is 1. The van der Waals surface area contributed by atoms with Gasteiger partial charge < -0.3 is 10.0 Å². The molecule has 5 nitrogen and oxygen atoms in total. The second-order valence-corrected chi connectivity index (χ2v) is 6.93. The minimum Gasteiger partial charge on any atom is -0.508 e. The maximum absolute atomic E-state index is 13.1. The predicted molar refractivity (Wildman–Crippen MR) is 102 cm³/mol. The van der Waals surface area contributed by atoms with Gasteiger partial charge in [0.2, 0.25) is 5.91 Å². The number of carbonyl (C=O) groups is 1. The molecule has 0 spiro atoms. The van der Waals surface area contributed by atoms with E-state index < -0.39 is 0 Å². The molecule has 3 N–H and O–H groups in total. The number of halogens is 1. The van der Waals surface area contributed by atoms with Gasteiger partial charge in [-0.1, -0.05) is 43.7 Å². The predicted octanol–water partition coefficient (Wildman–Crippen LogP) is 3.27. The Hall–Kier alpha value is -2.44. The van der Waals surface area contributed by atoms with E-state index in [0.717, 1.165) is 24.0 Å². The summed E-state index contributed by atoms with van der Waals surface area (Å²) in [5.74, 6) is -0.0467. The SMILES string of the molecule is CCCCN(Cc1ccc(F)cc1)C(=O)C1CC(c2ccccc2O)NN1. The average Bonchev–Trinajstić information content (AvgIpc) is 3.16. The summed E-state index contributed by atoms with van der Waals surface area (Å²) in [5, 5.41) is 10.0. The third kappa shape index (κ3) is 4.84. The number of para-hydroxylation sites is 1. The highest BCUT2D eigenvalue weighted by Gasteiger charge is 2.33. The van der Waals surface area contributed by atoms with Crippen LogP contribution in [0.1, 0.15) is 43.4 Å². The van der Waals surface area contributed by atoms with Crippen molar-refractivity contribution in [3.8, 4) is 5.75 Å². The van der Waals surface area contributed by atoms with E-state index in [1.807, 2.05) is 17.0 Å². The molecule has 2 atom stereocenters. The van der Waals surface area contributed by atoms with E-state index in [1.54, 1.807) is 24.3 Å². The Kier molecular flexibility index (Phi) is 6.42. The second-order valence-electron chi connectivity index (χ2n) is 6.93. The summed E-state index contributed by atoms with van der Waals surface area (Å²) in [7, 11) is 0. The molecule has 2 aromatic rings. The van der Waals surface area contributed by atoms with E-state index in [0.29, 0.717) is 19.5 Å². The first-order valence-corrected chi connectivity index (χ1v) is 9.40. The van der Waals surface area contributed by atoms with Crippen molar-refractivity contribution in [2.24, 2.45) is 0 Å². The highest BCUT2D eigenvalue weighted by atomic mass is 19.1. The zero-order valence-electron chi connectivity index (χ0n) is 15.5. The number of carbonyl (C=O) groups excluding carboxylic acids is 1. The van der Waals surface area contributed by atoms with Crippen molar-refractivity contribution in [2.75, 3.05) is 6.54 Å². The molecule has 0 saturated carbocycles. The number of phenolic OH excluding ortho intramolecular Hbond substituents is 1. The molecule has 1 fully saturated rings. The van der Waals surface area contributed by atoms with Gasteiger partial charge in [0.25, 0.3) is 0 Å². The molecule has 0 bridgehead atoms. The summed E-state index contributed by atoms with van der Waals surface area (Å²) < 4.78 is 13.1. The molecule has 6 heteroatoms. The minimum absolute atomic E-state index is 0.0122. The van der Waals surface area contributed by atoms with Crippen molar-refractivity contribution < 1.29 is 14.3 Å². The largest absolute Gasteiger partial charge is 0.508 e. The Morgan fingerprint density at radius 2 is 1.93 bits per heavy atom. The minimum atomic E-state index is -0.369. The van der Waals surface area contributed by atoms with E-state index in [-0.39, 0.29) is 29.6 Å². The highest BCUT2D eigenvalue weighted by molar-refractivity contribution is 5.82. The Labute approximate surface area is 159 Å². The number of unbranched alkanes of at least 4 members (excludes halogenated alkanes) is 1. The fourth-order valence-corrected chi connectivity index (χ4v) is 3.35. The first kappa shape index (κ1) is 19.3. The molecule has 2 aromatic carbocycles. The van der Waals surface area contributed by atoms with Gasteiger partial charge in [0, 0.05) is 18.7 Å². The van der Waals surface area contributed by atoms with Gasteiger partial charge in [0.15, 0.2) is 0 Å². The number of amides is 1. The normalized spacial score (nSPS) is 19.2. The van der Waals surface area contributed by atoms with Crippen LogP contribution in [0.4, 0.5) is 4.39 Å². The lowest BCUT2D eigenvalue weighted by molar-refractivity contribution is -0.133. The number of rotatable bonds is 7. The van der Waals surface area contributed by atoms with Gasteiger partial charge in [-0.2, -0.15) is 0 Å². The Morgan fingerprint density at radius 1 is 1.19 bits per heavy atom. The summed E-state index contributed by atoms with van der Waals surface area (Å²) >= 11 is 0. The summed E-state index contributed by atoms with van der Waals surface area (Å²) in [6, 6.07) is 12.9. The van der Waals surface area contributed by atoms with Gasteiger partial charge in [-0.3, -0.25) is 4.79 Å². The fourth-order valence-electron chi connectivity index (χ4n) is 3.35. The Bertz CT molecular complexity index is 766. The van der Waals surface area contributed by atoms with E-state index >= 15 is 0 Å². The highest BCUT2D eigenvalue weighted by Crippen LogP contribution is 2.29. The maximum Gasteiger partial charge on any atom is 0.241 e. The van der Waals surface area contributed by atoms with Gasteiger partial charge in [-0.25, -0.2) is 15.2 Å². The second kappa shape index (κ2) is 8.97. The molecule has 1 aliphatic rings. The summed E-state index contributed by atoms with van der Waals surface area (Å²) in [4.78, 5) is 14.9. The first-order valence-electron chi connectivity index (χ1n) is 9.40. The molecule has 2 unspecified atom stereocenters. The van der Waals surface area contributed by atoms with E-state index in [9.17, 15) is 14.3 Å². The number of hydrogen-bond donors (Lipinski definition) is 3. The van der Waals surface area contributed by atoms with E-state index in [2.05, 4.69) is 17.8 Å². The Morgan fingerprint density at radius 3 is 2.63 bits per heavy atom. The molecule has 144 valence electrons. The van der Waals surface area contributed by atoms with Crippen LogP contribution in [-0.4, -0.2) is 28.5 Å². The molecule has 1 heterocycles. The van der Waals surface area contributed by atoms with Crippen LogP contribution in [0.3, 0.4) is 0 Å². The van der Waals surface area contributed by atoms with Crippen LogP contribution in [0.5, 0.6) is 5.75 Å². The van der Waals surface area contributed by atoms with Crippen LogP contribution < -0.4 is 10.9 Å². The molecule has 27 heavy (non-hydrogen) atoms. The van der Waals surface area contributed by atoms with Crippen LogP contribution in [0.2, 0.25) is 0 Å². The smallest absolute Gasteiger partial charge is 0.241 e. The number of nitrogens with zero attached hydrogens (tertiary/aromatic N) is 1. The van der Waals surface area contributed by atoms with Gasteiger partial charge in [0.05, 0.1) is 6.04 Å². The van der Waals surface area contributed by atoms with Crippen molar-refractivity contribution in [1.29, 1.82) is 0 Å². The molecule has 0 radical (unpaired) electrons. The van der Waals surface area contributed by atoms with Crippen molar-refractivity contribution >= 4 is 5.91 Å². The van der Waals surface area contributed by atoms with Crippen molar-refractivity contribution in [3.05, 3.63) is 65.5 Å². The number of phenols is 1. The monoisotopic (exact) mass is 371 g/mol. The van der Waals surface area contributed by atoms with Crippen LogP contribution in [0, 0.1) is 5.82 Å². The topological polar surface area (TPSA) is 64.6 Å². The maximum atomic E-state index is 13.1. The number of aromatic hydroxyl groups is 1. The fraction of sp³-hybridized carbons (Fsp3) is 0.381. The lowest BCUT2D eigenvalue weighted by atomic mass is 10.0. The molecule has 1 saturated heterocycles. The molecule has 0 aliphatic carbocycles. The lowest BCUT2D eigenvalue weighted by Gasteiger charge is -2.25. The lowest BCUT2D eigenvalue weighted by Crippen LogP contribution is -2.45. The third-order valence-corrected chi connectivity index (χ3v) is 4.89. The Balaban J connectivity index is 1.68. The number of benzene rings is 2. The summed E-state index contributed by atoms with van der Waals surface area (Å²) in [6.07, 6.45) is 2.46. The number of nitrogens with one attached hydrogen (secondary N) is 2. The zero-order valence-corrected chi connectivity index (χ0v) is 15.5. The van der Waals surface area contributed by atoms with Gasteiger partial charge in [-0.05, 0) is 36.6 Å². The van der Waals surface area contributed by atoms with Crippen LogP contribution in [0.15, 0.2) is 48.5 Å². The standard InChI is InChI=1S/C21H26FN3O2/c1-2-3-12-25(14-15-8-10-16(22)11-9-15)21(27)19-13-18(23-24-19)17-6-4-5-7-20(17)26/h4-11,18-19,23-24,26H,2-3,12-14H2,1H3. The molecule has 1 aliphatic heterocycles. The van der Waals surface area contributed by atoms with Gasteiger partial charge in [0.1, 0.15) is 17.6 Å². The summed E-state index contributed by atoms with van der Waals surface area (Å²) in [6.45, 7) is 3.20. The van der Waals surface area contributed by atoms with E-state index in [1.165, 1.54) is 12.1 Å². The third-order valence-electron chi connectivity index (χ3n) is 4.89. The molecule has 3 rings (SSSR count). The van der Waals surface area contributed by atoms with Crippen LogP contribution in [0.25, 0.3) is 0 Å². The quantitative estimate of drug-likeness (QED) is 0.699. The summed E-state index contributed by atoms with van der Waals surface area (Å²) in [5.41, 5.74) is 7.87.